The molecule has 0 aromatic heterocycles. The molecule has 0 atom stereocenters. The Morgan fingerprint density at radius 3 is 2.24 bits per heavy atom. The molecule has 3 aromatic carbocycles. The number of carbonyl (C=O) groups is 3. The smallest absolute Gasteiger partial charge is 0.329 e. The lowest BCUT2D eigenvalue weighted by atomic mass is 10.2. The molecule has 3 rings (SSSR count). The van der Waals surface area contributed by atoms with Crippen LogP contribution in [0.15, 0.2) is 71.8 Å². The molecule has 3 amide bonds. The minimum Gasteiger partial charge on any atom is -0.494 e. The molecule has 0 aliphatic rings. The van der Waals surface area contributed by atoms with E-state index >= 15 is 0 Å². The van der Waals surface area contributed by atoms with Gasteiger partial charge in [0.15, 0.2) is 6.61 Å². The number of carbonyl (C=O) groups excluding carboxylic acids is 3. The van der Waals surface area contributed by atoms with Crippen LogP contribution in [0, 0.1) is 6.92 Å². The number of hydrogen-bond donors (Lipinski definition) is 3. The number of aryl methyl sites for hydroxylation is 1. The number of anilines is 2. The average molecular weight is 523 g/mol. The topological polar surface area (TPSA) is 118 Å². The lowest BCUT2D eigenvalue weighted by Gasteiger charge is -2.09. The molecule has 192 valence electrons. The summed E-state index contributed by atoms with van der Waals surface area (Å²) in [6.45, 7) is 4.34. The summed E-state index contributed by atoms with van der Waals surface area (Å²) in [6.07, 6.45) is 2.21. The Morgan fingerprint density at radius 2 is 1.57 bits per heavy atom. The molecule has 0 saturated heterocycles. The summed E-state index contributed by atoms with van der Waals surface area (Å²) in [7, 11) is 0. The van der Waals surface area contributed by atoms with E-state index in [2.05, 4.69) is 21.2 Å². The first-order valence-electron chi connectivity index (χ1n) is 11.5. The van der Waals surface area contributed by atoms with Gasteiger partial charge in [-0.05, 0) is 73.5 Å². The monoisotopic (exact) mass is 522 g/mol. The van der Waals surface area contributed by atoms with Crippen molar-refractivity contribution in [3.63, 3.8) is 0 Å². The molecule has 37 heavy (non-hydrogen) atoms. The molecule has 0 saturated carbocycles. The Balaban J connectivity index is 1.45. The van der Waals surface area contributed by atoms with Crippen LogP contribution < -0.4 is 25.5 Å². The predicted molar refractivity (Wildman–Crippen MR) is 143 cm³/mol. The van der Waals surface area contributed by atoms with E-state index < -0.39 is 11.8 Å². The van der Waals surface area contributed by atoms with E-state index in [9.17, 15) is 14.4 Å². The highest BCUT2D eigenvalue weighted by Crippen LogP contribution is 2.25. The second-order valence-electron chi connectivity index (χ2n) is 7.92. The molecule has 0 unspecified atom stereocenters. The van der Waals surface area contributed by atoms with Gasteiger partial charge in [0.1, 0.15) is 11.5 Å². The van der Waals surface area contributed by atoms with Crippen molar-refractivity contribution in [2.45, 2.75) is 20.3 Å². The van der Waals surface area contributed by atoms with Crippen LogP contribution in [0.2, 0.25) is 5.02 Å². The molecule has 0 heterocycles. The van der Waals surface area contributed by atoms with Gasteiger partial charge in [-0.1, -0.05) is 36.2 Å². The summed E-state index contributed by atoms with van der Waals surface area (Å²) >= 11 is 6.23. The summed E-state index contributed by atoms with van der Waals surface area (Å²) in [5.41, 5.74) is 4.91. The fraction of sp³-hybridized carbons (Fsp3) is 0.185. The third-order valence-corrected chi connectivity index (χ3v) is 5.12. The number of ether oxygens (including phenoxy) is 2. The Bertz CT molecular complexity index is 1260. The van der Waals surface area contributed by atoms with E-state index in [0.29, 0.717) is 35.0 Å². The zero-order chi connectivity index (χ0) is 26.6. The quantitative estimate of drug-likeness (QED) is 0.205. The standard InChI is InChI=1S/C27H27ClN4O5/c1-3-14-36-22-11-9-21(10-12-22)31-26(34)27(35)32-29-16-19-6-13-24(23(28)15-19)37-17-25(33)30-20-7-4-18(2)5-8-20/h4-13,15-16H,3,14,17H2,1-2H3,(H,30,33)(H,31,34)(H,32,35)/b29-16-. The van der Waals surface area contributed by atoms with E-state index in [1.807, 2.05) is 26.0 Å². The predicted octanol–water partition coefficient (Wildman–Crippen LogP) is 4.54. The van der Waals surface area contributed by atoms with Gasteiger partial charge in [-0.25, -0.2) is 5.43 Å². The van der Waals surface area contributed by atoms with Crippen molar-refractivity contribution in [1.29, 1.82) is 0 Å². The maximum absolute atomic E-state index is 12.1. The summed E-state index contributed by atoms with van der Waals surface area (Å²) in [6, 6.07) is 18.8. The molecule has 0 aliphatic heterocycles. The highest BCUT2D eigenvalue weighted by Gasteiger charge is 2.13. The van der Waals surface area contributed by atoms with Gasteiger partial charge in [-0.2, -0.15) is 5.10 Å². The fourth-order valence-electron chi connectivity index (χ4n) is 2.95. The lowest BCUT2D eigenvalue weighted by Crippen LogP contribution is -2.32. The van der Waals surface area contributed by atoms with Crippen molar-refractivity contribution in [2.24, 2.45) is 5.10 Å². The normalized spacial score (nSPS) is 10.6. The first-order valence-corrected chi connectivity index (χ1v) is 11.9. The van der Waals surface area contributed by atoms with Gasteiger partial charge < -0.3 is 20.1 Å². The van der Waals surface area contributed by atoms with Gasteiger partial charge >= 0.3 is 11.8 Å². The Morgan fingerprint density at radius 1 is 0.892 bits per heavy atom. The fourth-order valence-corrected chi connectivity index (χ4v) is 3.19. The van der Waals surface area contributed by atoms with E-state index in [1.165, 1.54) is 6.21 Å². The number of amides is 3. The minimum absolute atomic E-state index is 0.222. The number of halogens is 1. The minimum atomic E-state index is -0.937. The van der Waals surface area contributed by atoms with Gasteiger partial charge in [0, 0.05) is 11.4 Å². The second kappa shape index (κ2) is 13.6. The van der Waals surface area contributed by atoms with Crippen molar-refractivity contribution in [3.05, 3.63) is 82.9 Å². The molecule has 9 nitrogen and oxygen atoms in total. The maximum Gasteiger partial charge on any atom is 0.329 e. The largest absolute Gasteiger partial charge is 0.494 e. The van der Waals surface area contributed by atoms with Gasteiger partial charge in [0.25, 0.3) is 5.91 Å². The van der Waals surface area contributed by atoms with E-state index in [0.717, 1.165) is 12.0 Å². The van der Waals surface area contributed by atoms with Gasteiger partial charge in [0.05, 0.1) is 17.8 Å². The number of hydrogen-bond acceptors (Lipinski definition) is 6. The molecule has 0 spiro atoms. The van der Waals surface area contributed by atoms with Crippen LogP contribution in [0.3, 0.4) is 0 Å². The van der Waals surface area contributed by atoms with Crippen LogP contribution in [0.1, 0.15) is 24.5 Å². The maximum atomic E-state index is 12.1. The molecular weight excluding hydrogens is 496 g/mol. The molecule has 0 aliphatic carbocycles. The second-order valence-corrected chi connectivity index (χ2v) is 8.33. The van der Waals surface area contributed by atoms with Crippen LogP contribution in [-0.2, 0) is 14.4 Å². The van der Waals surface area contributed by atoms with Crippen LogP contribution in [0.5, 0.6) is 11.5 Å². The molecule has 3 aromatic rings. The Hall–Kier alpha value is -4.37. The van der Waals surface area contributed by atoms with Crippen LogP contribution in [0.4, 0.5) is 11.4 Å². The molecule has 3 N–H and O–H groups in total. The highest BCUT2D eigenvalue weighted by atomic mass is 35.5. The molecule has 0 radical (unpaired) electrons. The number of nitrogens with one attached hydrogen (secondary N) is 3. The van der Waals surface area contributed by atoms with Crippen molar-refractivity contribution in [2.75, 3.05) is 23.8 Å². The third kappa shape index (κ3) is 8.97. The van der Waals surface area contributed by atoms with Gasteiger partial charge in [-0.3, -0.25) is 14.4 Å². The van der Waals surface area contributed by atoms with E-state index in [1.54, 1.807) is 54.6 Å². The van der Waals surface area contributed by atoms with Gasteiger partial charge in [0.2, 0.25) is 0 Å². The molecule has 0 fully saturated rings. The summed E-state index contributed by atoms with van der Waals surface area (Å²) in [5.74, 6) is -1.15. The lowest BCUT2D eigenvalue weighted by molar-refractivity contribution is -0.136. The zero-order valence-electron chi connectivity index (χ0n) is 20.4. The first kappa shape index (κ1) is 27.2. The molecular formula is C27H27ClN4O5. The number of hydrazone groups is 1. The van der Waals surface area contributed by atoms with Crippen molar-refractivity contribution in [3.8, 4) is 11.5 Å². The number of nitrogens with zero attached hydrogens (tertiary/aromatic N) is 1. The number of benzene rings is 3. The summed E-state index contributed by atoms with van der Waals surface area (Å²) < 4.78 is 11.0. The SMILES string of the molecule is CCCOc1ccc(NC(=O)C(=O)N/N=C\c2ccc(OCC(=O)Nc3ccc(C)cc3)c(Cl)c2)cc1. The number of rotatable bonds is 10. The van der Waals surface area contributed by atoms with Gasteiger partial charge in [-0.15, -0.1) is 0 Å². The average Bonchev–Trinajstić information content (AvgIpc) is 2.89. The van der Waals surface area contributed by atoms with Crippen molar-refractivity contribution >= 4 is 46.9 Å². The zero-order valence-corrected chi connectivity index (χ0v) is 21.2. The summed E-state index contributed by atoms with van der Waals surface area (Å²) in [5, 5.41) is 9.25. The van der Waals surface area contributed by atoms with Crippen LogP contribution in [-0.4, -0.2) is 37.1 Å². The highest BCUT2D eigenvalue weighted by molar-refractivity contribution is 6.39. The Kier molecular flexibility index (Phi) is 10.0. The van der Waals surface area contributed by atoms with E-state index in [-0.39, 0.29) is 17.5 Å². The molecule has 10 heteroatoms. The van der Waals surface area contributed by atoms with Crippen molar-refractivity contribution in [1.82, 2.24) is 5.43 Å². The van der Waals surface area contributed by atoms with E-state index in [4.69, 9.17) is 21.1 Å². The first-order chi connectivity index (χ1) is 17.8. The molecule has 0 bridgehead atoms. The van der Waals surface area contributed by atoms with Crippen molar-refractivity contribution < 1.29 is 23.9 Å². The van der Waals surface area contributed by atoms with Crippen LogP contribution >= 0.6 is 11.6 Å². The van der Waals surface area contributed by atoms with Crippen LogP contribution in [0.25, 0.3) is 0 Å². The Labute approximate surface area is 219 Å². The summed E-state index contributed by atoms with van der Waals surface area (Å²) in [4.78, 5) is 36.2. The third-order valence-electron chi connectivity index (χ3n) is 4.82.